The maximum atomic E-state index is 11.3. The summed E-state index contributed by atoms with van der Waals surface area (Å²) in [6.07, 6.45) is 7.04. The van der Waals surface area contributed by atoms with Crippen LogP contribution in [0.1, 0.15) is 44.6 Å². The van der Waals surface area contributed by atoms with E-state index in [0.29, 0.717) is 6.42 Å². The Morgan fingerprint density at radius 2 is 1.90 bits per heavy atom. The van der Waals surface area contributed by atoms with Crippen LogP contribution in [0, 0.1) is 5.92 Å². The summed E-state index contributed by atoms with van der Waals surface area (Å²) < 4.78 is 4.70. The molecule has 0 aromatic heterocycles. The van der Waals surface area contributed by atoms with Crippen LogP contribution in [0.5, 0.6) is 0 Å². The minimum atomic E-state index is -0.181. The van der Waals surface area contributed by atoms with E-state index < -0.39 is 0 Å². The number of nitrogens with zero attached hydrogens (tertiary/aromatic N) is 1. The Bertz CT molecular complexity index is 433. The highest BCUT2D eigenvalue weighted by molar-refractivity contribution is 5.72. The molecule has 1 aliphatic heterocycles. The first-order chi connectivity index (χ1) is 10.2. The van der Waals surface area contributed by atoms with Gasteiger partial charge in [0.05, 0.1) is 13.5 Å². The predicted molar refractivity (Wildman–Crippen MR) is 86.6 cm³/mol. The molecule has 2 rings (SSSR count). The number of unbranched alkanes of at least 4 members (excludes halogenated alkanes) is 1. The maximum absolute atomic E-state index is 11.3. The molecular weight excluding hydrogens is 262 g/mol. The van der Waals surface area contributed by atoms with Gasteiger partial charge in [-0.15, -0.1) is 0 Å². The molecule has 1 aromatic rings. The van der Waals surface area contributed by atoms with Gasteiger partial charge in [-0.25, -0.2) is 0 Å². The van der Waals surface area contributed by atoms with E-state index in [-0.39, 0.29) is 5.97 Å². The SMILES string of the molecule is CCCCC1CCN(c2ccc(CC(=O)OC)cc2)CC1. The Hall–Kier alpha value is -1.51. The molecule has 0 amide bonds. The van der Waals surface area contributed by atoms with E-state index in [4.69, 9.17) is 4.74 Å². The molecular formula is C18H27NO2. The molecule has 1 heterocycles. The van der Waals surface area contributed by atoms with Crippen LogP contribution in [0.4, 0.5) is 5.69 Å². The number of hydrogen-bond donors (Lipinski definition) is 0. The zero-order chi connectivity index (χ0) is 15.1. The summed E-state index contributed by atoms with van der Waals surface area (Å²) in [4.78, 5) is 13.7. The normalized spacial score (nSPS) is 16.0. The summed E-state index contributed by atoms with van der Waals surface area (Å²) in [5.74, 6) is 0.735. The molecule has 1 saturated heterocycles. The van der Waals surface area contributed by atoms with Crippen LogP contribution in [0.15, 0.2) is 24.3 Å². The van der Waals surface area contributed by atoms with E-state index >= 15 is 0 Å². The first-order valence-electron chi connectivity index (χ1n) is 8.13. The van der Waals surface area contributed by atoms with Crippen LogP contribution in [-0.2, 0) is 16.0 Å². The second kappa shape index (κ2) is 8.06. The number of anilines is 1. The molecule has 1 aromatic carbocycles. The monoisotopic (exact) mass is 289 g/mol. The Morgan fingerprint density at radius 3 is 2.48 bits per heavy atom. The number of rotatable bonds is 6. The molecule has 0 spiro atoms. The van der Waals surface area contributed by atoms with Gasteiger partial charge in [0.1, 0.15) is 0 Å². The van der Waals surface area contributed by atoms with Gasteiger partial charge >= 0.3 is 5.97 Å². The van der Waals surface area contributed by atoms with Crippen molar-refractivity contribution in [2.45, 2.75) is 45.4 Å². The van der Waals surface area contributed by atoms with Crippen LogP contribution in [0.3, 0.4) is 0 Å². The van der Waals surface area contributed by atoms with Gasteiger partial charge in [0, 0.05) is 18.8 Å². The third kappa shape index (κ3) is 4.76. The first-order valence-corrected chi connectivity index (χ1v) is 8.13. The number of esters is 1. The largest absolute Gasteiger partial charge is 0.469 e. The highest BCUT2D eigenvalue weighted by atomic mass is 16.5. The summed E-state index contributed by atoms with van der Waals surface area (Å²) >= 11 is 0. The standard InChI is InChI=1S/C18H27NO2/c1-3-4-5-15-10-12-19(13-11-15)17-8-6-16(7-9-17)14-18(20)21-2/h6-9,15H,3-5,10-14H2,1-2H3. The molecule has 0 aliphatic carbocycles. The maximum Gasteiger partial charge on any atom is 0.309 e. The lowest BCUT2D eigenvalue weighted by atomic mass is 9.91. The fraction of sp³-hybridized carbons (Fsp3) is 0.611. The van der Waals surface area contributed by atoms with Crippen molar-refractivity contribution in [3.63, 3.8) is 0 Å². The Labute approximate surface area is 128 Å². The number of ether oxygens (including phenoxy) is 1. The summed E-state index contributed by atoms with van der Waals surface area (Å²) in [5, 5.41) is 0. The van der Waals surface area contributed by atoms with Crippen molar-refractivity contribution in [1.29, 1.82) is 0 Å². The fourth-order valence-corrected chi connectivity index (χ4v) is 3.04. The molecule has 0 atom stereocenters. The molecule has 116 valence electrons. The summed E-state index contributed by atoms with van der Waals surface area (Å²) in [7, 11) is 1.43. The van der Waals surface area contributed by atoms with E-state index in [9.17, 15) is 4.79 Å². The van der Waals surface area contributed by atoms with Crippen LogP contribution in [0.2, 0.25) is 0 Å². The van der Waals surface area contributed by atoms with Crippen molar-refractivity contribution in [2.75, 3.05) is 25.1 Å². The first kappa shape index (κ1) is 15.9. The number of piperidine rings is 1. The Balaban J connectivity index is 1.84. The minimum Gasteiger partial charge on any atom is -0.469 e. The molecule has 3 heteroatoms. The molecule has 0 bridgehead atoms. The highest BCUT2D eigenvalue weighted by Crippen LogP contribution is 2.26. The van der Waals surface area contributed by atoms with Crippen molar-refractivity contribution in [3.05, 3.63) is 29.8 Å². The van der Waals surface area contributed by atoms with E-state index in [1.54, 1.807) is 0 Å². The van der Waals surface area contributed by atoms with Crippen molar-refractivity contribution < 1.29 is 9.53 Å². The van der Waals surface area contributed by atoms with Crippen LogP contribution in [-0.4, -0.2) is 26.2 Å². The average molecular weight is 289 g/mol. The second-order valence-corrected chi connectivity index (χ2v) is 5.99. The lowest BCUT2D eigenvalue weighted by molar-refractivity contribution is -0.139. The molecule has 1 aliphatic rings. The lowest BCUT2D eigenvalue weighted by Gasteiger charge is -2.33. The van der Waals surface area contributed by atoms with Crippen molar-refractivity contribution >= 4 is 11.7 Å². The van der Waals surface area contributed by atoms with Crippen molar-refractivity contribution in [3.8, 4) is 0 Å². The summed E-state index contributed by atoms with van der Waals surface area (Å²) in [6, 6.07) is 8.33. The molecule has 0 saturated carbocycles. The number of carbonyl (C=O) groups excluding carboxylic acids is 1. The van der Waals surface area contributed by atoms with Gasteiger partial charge in [0.2, 0.25) is 0 Å². The summed E-state index contributed by atoms with van der Waals surface area (Å²) in [5.41, 5.74) is 2.29. The predicted octanol–water partition coefficient (Wildman–Crippen LogP) is 3.81. The highest BCUT2D eigenvalue weighted by Gasteiger charge is 2.18. The van der Waals surface area contributed by atoms with Gasteiger partial charge in [-0.1, -0.05) is 38.3 Å². The van der Waals surface area contributed by atoms with Crippen LogP contribution < -0.4 is 4.90 Å². The molecule has 0 radical (unpaired) electrons. The fourth-order valence-electron chi connectivity index (χ4n) is 3.04. The molecule has 1 fully saturated rings. The molecule has 0 N–H and O–H groups in total. The van der Waals surface area contributed by atoms with Gasteiger partial charge in [0.15, 0.2) is 0 Å². The number of hydrogen-bond acceptors (Lipinski definition) is 3. The van der Waals surface area contributed by atoms with Gasteiger partial charge in [-0.05, 0) is 36.5 Å². The number of benzene rings is 1. The van der Waals surface area contributed by atoms with E-state index in [0.717, 1.165) is 24.6 Å². The lowest BCUT2D eigenvalue weighted by Crippen LogP contribution is -2.33. The Kier molecular flexibility index (Phi) is 6.09. The average Bonchev–Trinajstić information content (AvgIpc) is 2.54. The van der Waals surface area contributed by atoms with Gasteiger partial charge in [-0.3, -0.25) is 4.79 Å². The number of methoxy groups -OCH3 is 1. The zero-order valence-electron chi connectivity index (χ0n) is 13.3. The van der Waals surface area contributed by atoms with Crippen LogP contribution >= 0.6 is 0 Å². The van der Waals surface area contributed by atoms with E-state index in [1.807, 2.05) is 12.1 Å². The third-order valence-corrected chi connectivity index (χ3v) is 4.46. The van der Waals surface area contributed by atoms with Gasteiger partial charge < -0.3 is 9.64 Å². The zero-order valence-corrected chi connectivity index (χ0v) is 13.3. The van der Waals surface area contributed by atoms with Crippen LogP contribution in [0.25, 0.3) is 0 Å². The topological polar surface area (TPSA) is 29.5 Å². The van der Waals surface area contributed by atoms with Crippen molar-refractivity contribution in [1.82, 2.24) is 0 Å². The molecule has 0 unspecified atom stereocenters. The smallest absolute Gasteiger partial charge is 0.309 e. The number of carbonyl (C=O) groups is 1. The molecule has 21 heavy (non-hydrogen) atoms. The molecule has 3 nitrogen and oxygen atoms in total. The van der Waals surface area contributed by atoms with Crippen molar-refractivity contribution in [2.24, 2.45) is 5.92 Å². The van der Waals surface area contributed by atoms with Gasteiger partial charge in [-0.2, -0.15) is 0 Å². The van der Waals surface area contributed by atoms with Gasteiger partial charge in [0.25, 0.3) is 0 Å². The Morgan fingerprint density at radius 1 is 1.24 bits per heavy atom. The summed E-state index contributed by atoms with van der Waals surface area (Å²) in [6.45, 7) is 4.58. The quantitative estimate of drug-likeness (QED) is 0.746. The third-order valence-electron chi connectivity index (χ3n) is 4.46. The van der Waals surface area contributed by atoms with E-state index in [1.165, 1.54) is 44.9 Å². The second-order valence-electron chi connectivity index (χ2n) is 5.99. The van der Waals surface area contributed by atoms with E-state index in [2.05, 4.69) is 24.0 Å². The minimum absolute atomic E-state index is 0.181.